The predicted molar refractivity (Wildman–Crippen MR) is 85.8 cm³/mol. The van der Waals surface area contributed by atoms with Crippen LogP contribution in [0.5, 0.6) is 0 Å². The molecule has 1 unspecified atom stereocenters. The molecule has 2 fully saturated rings. The normalized spacial score (nSPS) is 29.7. The summed E-state index contributed by atoms with van der Waals surface area (Å²) in [6.07, 6.45) is 6.91. The second-order valence-electron chi connectivity index (χ2n) is 7.69. The van der Waals surface area contributed by atoms with Gasteiger partial charge in [0.15, 0.2) is 0 Å². The molecule has 23 heavy (non-hydrogen) atoms. The highest BCUT2D eigenvalue weighted by Crippen LogP contribution is 2.40. The van der Waals surface area contributed by atoms with E-state index in [1.807, 2.05) is 11.0 Å². The van der Waals surface area contributed by atoms with E-state index in [0.717, 1.165) is 17.6 Å². The molecule has 2 aliphatic heterocycles. The van der Waals surface area contributed by atoms with Crippen molar-refractivity contribution in [1.29, 1.82) is 0 Å². The van der Waals surface area contributed by atoms with E-state index in [4.69, 9.17) is 14.0 Å². The molecule has 1 saturated heterocycles. The van der Waals surface area contributed by atoms with E-state index in [-0.39, 0.29) is 24.4 Å². The average Bonchev–Trinajstić information content (AvgIpc) is 3.18. The summed E-state index contributed by atoms with van der Waals surface area (Å²) in [6, 6.07) is 0.485. The van der Waals surface area contributed by atoms with Gasteiger partial charge in [0.2, 0.25) is 0 Å². The molecule has 1 aromatic rings. The summed E-state index contributed by atoms with van der Waals surface area (Å²) in [7, 11) is -0.301. The zero-order chi connectivity index (χ0) is 16.2. The molecule has 7 heteroatoms. The molecular weight excluding hydrogens is 293 g/mol. The standard InChI is InChI=1S/C16H24BN3O3/c1-15(2)16(3,4)23-17(22-15)11-7-8-21-14(9-11)13-10-18-20(19-13)12-5-6-12/h9-10,12,14H,5-8H2,1-4H3. The largest absolute Gasteiger partial charge is 0.490 e. The molecule has 0 bridgehead atoms. The Morgan fingerprint density at radius 1 is 1.17 bits per heavy atom. The number of hydrogen-bond donors (Lipinski definition) is 0. The number of nitrogens with zero attached hydrogens (tertiary/aromatic N) is 3. The fraction of sp³-hybridized carbons (Fsp3) is 0.750. The van der Waals surface area contributed by atoms with Crippen molar-refractivity contribution >= 4 is 7.12 Å². The third-order valence-corrected chi connectivity index (χ3v) is 5.30. The topological polar surface area (TPSA) is 58.4 Å². The summed E-state index contributed by atoms with van der Waals surface area (Å²) >= 11 is 0. The smallest absolute Gasteiger partial charge is 0.400 e. The van der Waals surface area contributed by atoms with Gasteiger partial charge in [0.1, 0.15) is 11.8 Å². The van der Waals surface area contributed by atoms with Crippen LogP contribution in [0.1, 0.15) is 64.8 Å². The van der Waals surface area contributed by atoms with Crippen LogP contribution in [-0.4, -0.2) is 39.9 Å². The van der Waals surface area contributed by atoms with Gasteiger partial charge in [-0.05, 0) is 52.4 Å². The molecule has 1 saturated carbocycles. The van der Waals surface area contributed by atoms with Crippen molar-refractivity contribution in [3.05, 3.63) is 23.4 Å². The van der Waals surface area contributed by atoms with Gasteiger partial charge in [-0.2, -0.15) is 15.0 Å². The van der Waals surface area contributed by atoms with Crippen molar-refractivity contribution in [3.63, 3.8) is 0 Å². The van der Waals surface area contributed by atoms with Gasteiger partial charge >= 0.3 is 7.12 Å². The van der Waals surface area contributed by atoms with Crippen LogP contribution >= 0.6 is 0 Å². The maximum absolute atomic E-state index is 6.15. The lowest BCUT2D eigenvalue weighted by Gasteiger charge is -2.32. The Balaban J connectivity index is 1.53. The molecule has 0 N–H and O–H groups in total. The Hall–Kier alpha value is -1.18. The van der Waals surface area contributed by atoms with Gasteiger partial charge in [-0.3, -0.25) is 0 Å². The minimum absolute atomic E-state index is 0.162. The van der Waals surface area contributed by atoms with Crippen LogP contribution in [0.3, 0.4) is 0 Å². The van der Waals surface area contributed by atoms with Crippen LogP contribution in [0.15, 0.2) is 17.7 Å². The summed E-state index contributed by atoms with van der Waals surface area (Å²) in [4.78, 5) is 1.82. The van der Waals surface area contributed by atoms with E-state index >= 15 is 0 Å². The van der Waals surface area contributed by atoms with Gasteiger partial charge < -0.3 is 14.0 Å². The van der Waals surface area contributed by atoms with Crippen LogP contribution in [0.25, 0.3) is 0 Å². The van der Waals surface area contributed by atoms with E-state index in [0.29, 0.717) is 12.6 Å². The average molecular weight is 317 g/mol. The molecule has 1 aliphatic carbocycles. The summed E-state index contributed by atoms with van der Waals surface area (Å²) in [5.74, 6) is 0. The zero-order valence-electron chi connectivity index (χ0n) is 14.3. The van der Waals surface area contributed by atoms with Gasteiger partial charge in [-0.15, -0.1) is 0 Å². The van der Waals surface area contributed by atoms with Gasteiger partial charge in [-0.1, -0.05) is 6.08 Å². The summed E-state index contributed by atoms with van der Waals surface area (Å²) < 4.78 is 18.2. The van der Waals surface area contributed by atoms with Crippen molar-refractivity contribution in [2.45, 2.75) is 70.3 Å². The highest BCUT2D eigenvalue weighted by atomic mass is 16.7. The molecule has 1 aromatic heterocycles. The summed E-state index contributed by atoms with van der Waals surface area (Å²) in [5, 5.41) is 8.92. The minimum Gasteiger partial charge on any atom is -0.400 e. The maximum Gasteiger partial charge on any atom is 0.490 e. The molecule has 0 amide bonds. The van der Waals surface area contributed by atoms with E-state index in [1.54, 1.807) is 0 Å². The Morgan fingerprint density at radius 3 is 2.52 bits per heavy atom. The van der Waals surface area contributed by atoms with Gasteiger partial charge in [0.05, 0.1) is 30.0 Å². The van der Waals surface area contributed by atoms with Crippen LogP contribution in [0.4, 0.5) is 0 Å². The Labute approximate surface area is 137 Å². The summed E-state index contributed by atoms with van der Waals surface area (Å²) in [5.41, 5.74) is 1.37. The third-order valence-electron chi connectivity index (χ3n) is 5.30. The predicted octanol–water partition coefficient (Wildman–Crippen LogP) is 2.63. The van der Waals surface area contributed by atoms with Crippen molar-refractivity contribution < 1.29 is 14.0 Å². The van der Waals surface area contributed by atoms with Crippen molar-refractivity contribution in [3.8, 4) is 0 Å². The van der Waals surface area contributed by atoms with Gasteiger partial charge in [-0.25, -0.2) is 0 Å². The fourth-order valence-electron chi connectivity index (χ4n) is 2.89. The van der Waals surface area contributed by atoms with E-state index in [2.05, 4.69) is 44.0 Å². The first kappa shape index (κ1) is 15.4. The van der Waals surface area contributed by atoms with Crippen molar-refractivity contribution in [2.75, 3.05) is 6.61 Å². The summed E-state index contributed by atoms with van der Waals surface area (Å²) in [6.45, 7) is 8.95. The van der Waals surface area contributed by atoms with Crippen LogP contribution in [-0.2, 0) is 14.0 Å². The molecular formula is C16H24BN3O3. The second kappa shape index (κ2) is 5.16. The highest BCUT2D eigenvalue weighted by Gasteiger charge is 2.52. The molecule has 0 radical (unpaired) electrons. The van der Waals surface area contributed by atoms with Crippen molar-refractivity contribution in [1.82, 2.24) is 15.0 Å². The Bertz CT molecular complexity index is 620. The lowest BCUT2D eigenvalue weighted by atomic mass is 9.74. The SMILES string of the molecule is CC1(C)OB(C2=CC(c3cnn(C4CC4)n3)OCC2)OC1(C)C. The van der Waals surface area contributed by atoms with E-state index in [1.165, 1.54) is 12.8 Å². The highest BCUT2D eigenvalue weighted by molar-refractivity contribution is 6.54. The Morgan fingerprint density at radius 2 is 1.87 bits per heavy atom. The molecule has 3 aliphatic rings. The van der Waals surface area contributed by atoms with Gasteiger partial charge in [0.25, 0.3) is 0 Å². The first-order valence-electron chi connectivity index (χ1n) is 8.45. The molecule has 4 rings (SSSR count). The quantitative estimate of drug-likeness (QED) is 0.802. The molecule has 3 heterocycles. The molecule has 0 spiro atoms. The third kappa shape index (κ3) is 2.75. The maximum atomic E-state index is 6.15. The molecule has 0 aromatic carbocycles. The van der Waals surface area contributed by atoms with Crippen LogP contribution in [0.2, 0.25) is 0 Å². The monoisotopic (exact) mass is 317 g/mol. The van der Waals surface area contributed by atoms with Crippen molar-refractivity contribution in [2.24, 2.45) is 0 Å². The number of hydrogen-bond acceptors (Lipinski definition) is 5. The van der Waals surface area contributed by atoms with Gasteiger partial charge in [0, 0.05) is 0 Å². The lowest BCUT2D eigenvalue weighted by Crippen LogP contribution is -2.41. The minimum atomic E-state index is -0.318. The first-order chi connectivity index (χ1) is 10.9. The van der Waals surface area contributed by atoms with Crippen LogP contribution in [0, 0.1) is 0 Å². The van der Waals surface area contributed by atoms with E-state index in [9.17, 15) is 0 Å². The number of aromatic nitrogens is 3. The van der Waals surface area contributed by atoms with Crippen LogP contribution < -0.4 is 0 Å². The second-order valence-corrected chi connectivity index (χ2v) is 7.69. The molecule has 6 nitrogen and oxygen atoms in total. The van der Waals surface area contributed by atoms with E-state index < -0.39 is 0 Å². The lowest BCUT2D eigenvalue weighted by molar-refractivity contribution is 0.00578. The zero-order valence-corrected chi connectivity index (χ0v) is 14.3. The number of rotatable bonds is 3. The Kier molecular flexibility index (Phi) is 3.45. The fourth-order valence-corrected chi connectivity index (χ4v) is 2.89. The molecule has 124 valence electrons. The first-order valence-corrected chi connectivity index (χ1v) is 8.45. The molecule has 1 atom stereocenters. The number of ether oxygens (including phenoxy) is 1.